The zero-order chi connectivity index (χ0) is 11.9. The van der Waals surface area contributed by atoms with Crippen LogP contribution in [0, 0.1) is 13.8 Å². The number of aromatic hydroxyl groups is 1. The lowest BCUT2D eigenvalue weighted by molar-refractivity contribution is 0.404. The summed E-state index contributed by atoms with van der Waals surface area (Å²) in [5.74, 6) is 0.887. The van der Waals surface area contributed by atoms with Crippen LogP contribution < -0.4 is 10.2 Å². The molecule has 0 unspecified atom stereocenters. The van der Waals surface area contributed by atoms with E-state index in [2.05, 4.69) is 0 Å². The van der Waals surface area contributed by atoms with Gasteiger partial charge in [0.1, 0.15) is 28.2 Å². The van der Waals surface area contributed by atoms with E-state index in [0.717, 1.165) is 0 Å². The van der Waals surface area contributed by atoms with Gasteiger partial charge in [-0.2, -0.15) is 0 Å². The van der Waals surface area contributed by atoms with Crippen molar-refractivity contribution in [3.8, 4) is 11.5 Å². The van der Waals surface area contributed by atoms with Crippen LogP contribution in [0.2, 0.25) is 0 Å². The molecule has 0 amide bonds. The van der Waals surface area contributed by atoms with Crippen LogP contribution in [0.1, 0.15) is 11.3 Å². The lowest BCUT2D eigenvalue weighted by Gasteiger charge is -2.09. The van der Waals surface area contributed by atoms with E-state index in [1.54, 1.807) is 13.8 Å². The number of hydrogen-bond donors (Lipinski definition) is 1. The van der Waals surface area contributed by atoms with Crippen molar-refractivity contribution in [3.63, 3.8) is 0 Å². The molecule has 4 heteroatoms. The van der Waals surface area contributed by atoms with Crippen molar-refractivity contribution in [2.45, 2.75) is 13.8 Å². The van der Waals surface area contributed by atoms with E-state index >= 15 is 0 Å². The van der Waals surface area contributed by atoms with Gasteiger partial charge in [0.05, 0.1) is 7.11 Å². The molecule has 1 aromatic heterocycles. The standard InChI is InChI=1S/C12H12O4/c1-6-4-8(13)11-9(14)5-10(15-3)7(2)12(11)16-6/h4-5,14H,1-3H3. The van der Waals surface area contributed by atoms with Crippen molar-refractivity contribution in [1.29, 1.82) is 0 Å². The van der Waals surface area contributed by atoms with E-state index < -0.39 is 0 Å². The van der Waals surface area contributed by atoms with Crippen LogP contribution >= 0.6 is 0 Å². The predicted octanol–water partition coefficient (Wildman–Crippen LogP) is 2.12. The molecule has 0 saturated carbocycles. The number of rotatable bonds is 1. The van der Waals surface area contributed by atoms with E-state index in [4.69, 9.17) is 9.15 Å². The van der Waals surface area contributed by atoms with Crippen molar-refractivity contribution in [1.82, 2.24) is 0 Å². The first-order valence-electron chi connectivity index (χ1n) is 4.85. The highest BCUT2D eigenvalue weighted by atomic mass is 16.5. The topological polar surface area (TPSA) is 59.7 Å². The number of phenolic OH excluding ortho intramolecular Hbond substituents is 1. The average Bonchev–Trinajstić information content (AvgIpc) is 2.22. The minimum absolute atomic E-state index is 0.119. The fourth-order valence-corrected chi connectivity index (χ4v) is 1.75. The van der Waals surface area contributed by atoms with E-state index in [9.17, 15) is 9.90 Å². The van der Waals surface area contributed by atoms with E-state index in [0.29, 0.717) is 22.7 Å². The zero-order valence-corrected chi connectivity index (χ0v) is 9.33. The number of benzene rings is 1. The van der Waals surface area contributed by atoms with Gasteiger partial charge in [0, 0.05) is 17.7 Å². The third-order valence-electron chi connectivity index (χ3n) is 2.52. The molecule has 0 saturated heterocycles. The number of hydrogen-bond acceptors (Lipinski definition) is 4. The van der Waals surface area contributed by atoms with Crippen LogP contribution in [0.25, 0.3) is 11.0 Å². The molecule has 2 rings (SSSR count). The molecule has 0 aliphatic rings. The summed E-state index contributed by atoms with van der Waals surface area (Å²) in [5, 5.41) is 9.94. The maximum Gasteiger partial charge on any atom is 0.196 e. The Kier molecular flexibility index (Phi) is 2.34. The average molecular weight is 220 g/mol. The summed E-state index contributed by atoms with van der Waals surface area (Å²) in [5.41, 5.74) is 0.833. The van der Waals surface area contributed by atoms with Crippen LogP contribution in [-0.2, 0) is 0 Å². The van der Waals surface area contributed by atoms with Crippen LogP contribution in [0.15, 0.2) is 21.3 Å². The Morgan fingerprint density at radius 2 is 2.00 bits per heavy atom. The first-order chi connectivity index (χ1) is 7.54. The minimum Gasteiger partial charge on any atom is -0.507 e. The second kappa shape index (κ2) is 3.56. The fourth-order valence-electron chi connectivity index (χ4n) is 1.75. The maximum absolute atomic E-state index is 11.7. The molecule has 4 nitrogen and oxygen atoms in total. The van der Waals surface area contributed by atoms with Crippen molar-refractivity contribution in [2.24, 2.45) is 0 Å². The van der Waals surface area contributed by atoms with Gasteiger partial charge in [0.2, 0.25) is 0 Å². The Labute approximate surface area is 92.1 Å². The summed E-state index contributed by atoms with van der Waals surface area (Å²) >= 11 is 0. The Morgan fingerprint density at radius 3 is 2.62 bits per heavy atom. The lowest BCUT2D eigenvalue weighted by atomic mass is 10.1. The summed E-state index contributed by atoms with van der Waals surface area (Å²) in [6, 6.07) is 2.78. The number of phenols is 1. The van der Waals surface area contributed by atoms with Gasteiger partial charge >= 0.3 is 0 Å². The molecule has 2 aromatic rings. The summed E-state index contributed by atoms with van der Waals surface area (Å²) in [6.45, 7) is 3.47. The second-order valence-corrected chi connectivity index (χ2v) is 3.65. The van der Waals surface area contributed by atoms with Crippen LogP contribution in [0.4, 0.5) is 0 Å². The van der Waals surface area contributed by atoms with Crippen molar-refractivity contribution in [2.75, 3.05) is 7.11 Å². The molecule has 0 bridgehead atoms. The molecule has 0 aliphatic heterocycles. The molecule has 1 aromatic carbocycles. The van der Waals surface area contributed by atoms with Gasteiger partial charge in [-0.05, 0) is 13.8 Å². The van der Waals surface area contributed by atoms with Crippen LogP contribution in [0.5, 0.6) is 11.5 Å². The monoisotopic (exact) mass is 220 g/mol. The number of methoxy groups -OCH3 is 1. The molecule has 16 heavy (non-hydrogen) atoms. The Hall–Kier alpha value is -1.97. The lowest BCUT2D eigenvalue weighted by Crippen LogP contribution is -2.02. The van der Waals surface area contributed by atoms with Crippen LogP contribution in [-0.4, -0.2) is 12.2 Å². The summed E-state index contributed by atoms with van der Waals surface area (Å²) in [4.78, 5) is 11.7. The number of aryl methyl sites for hydroxylation is 2. The largest absolute Gasteiger partial charge is 0.507 e. The van der Waals surface area contributed by atoms with E-state index in [-0.39, 0.29) is 16.6 Å². The molecular formula is C12H12O4. The first kappa shape index (κ1) is 10.5. The second-order valence-electron chi connectivity index (χ2n) is 3.65. The SMILES string of the molecule is COc1cc(O)c2c(=O)cc(C)oc2c1C. The van der Waals surface area contributed by atoms with Crippen molar-refractivity contribution < 1.29 is 14.3 Å². The smallest absolute Gasteiger partial charge is 0.196 e. The first-order valence-corrected chi connectivity index (χ1v) is 4.85. The van der Waals surface area contributed by atoms with Gasteiger partial charge in [0.25, 0.3) is 0 Å². The molecule has 0 spiro atoms. The third kappa shape index (κ3) is 1.43. The number of fused-ring (bicyclic) bond motifs is 1. The van der Waals surface area contributed by atoms with Gasteiger partial charge in [-0.25, -0.2) is 0 Å². The van der Waals surface area contributed by atoms with E-state index in [1.807, 2.05) is 0 Å². The fraction of sp³-hybridized carbons (Fsp3) is 0.250. The molecule has 1 heterocycles. The van der Waals surface area contributed by atoms with Gasteiger partial charge in [0.15, 0.2) is 5.43 Å². The van der Waals surface area contributed by atoms with Crippen LogP contribution in [0.3, 0.4) is 0 Å². The van der Waals surface area contributed by atoms with Gasteiger partial charge in [-0.15, -0.1) is 0 Å². The quantitative estimate of drug-likeness (QED) is 0.799. The molecule has 84 valence electrons. The Balaban J connectivity index is 3.02. The van der Waals surface area contributed by atoms with Gasteiger partial charge < -0.3 is 14.3 Å². The van der Waals surface area contributed by atoms with Crippen molar-refractivity contribution >= 4 is 11.0 Å². The summed E-state index contributed by atoms with van der Waals surface area (Å²) in [6.07, 6.45) is 0. The molecule has 0 aliphatic carbocycles. The minimum atomic E-state index is -0.248. The third-order valence-corrected chi connectivity index (χ3v) is 2.52. The summed E-state index contributed by atoms with van der Waals surface area (Å²) < 4.78 is 10.5. The molecule has 0 radical (unpaired) electrons. The molecule has 0 fully saturated rings. The van der Waals surface area contributed by atoms with Gasteiger partial charge in [-0.3, -0.25) is 4.79 Å². The van der Waals surface area contributed by atoms with E-state index in [1.165, 1.54) is 19.2 Å². The molecular weight excluding hydrogens is 208 g/mol. The Morgan fingerprint density at radius 1 is 1.31 bits per heavy atom. The van der Waals surface area contributed by atoms with Gasteiger partial charge in [-0.1, -0.05) is 0 Å². The summed E-state index contributed by atoms with van der Waals surface area (Å²) in [7, 11) is 1.50. The zero-order valence-electron chi connectivity index (χ0n) is 9.33. The Bertz CT molecular complexity index is 610. The predicted molar refractivity (Wildman–Crippen MR) is 60.2 cm³/mol. The molecule has 0 atom stereocenters. The normalized spacial score (nSPS) is 10.7. The highest BCUT2D eigenvalue weighted by Crippen LogP contribution is 2.32. The van der Waals surface area contributed by atoms with Crippen molar-refractivity contribution in [3.05, 3.63) is 33.7 Å². The number of ether oxygens (including phenoxy) is 1. The molecule has 1 N–H and O–H groups in total. The highest BCUT2D eigenvalue weighted by Gasteiger charge is 2.14. The maximum atomic E-state index is 11.7. The highest BCUT2D eigenvalue weighted by molar-refractivity contribution is 5.87.